The van der Waals surface area contributed by atoms with Crippen molar-refractivity contribution in [2.24, 2.45) is 11.8 Å². The van der Waals surface area contributed by atoms with E-state index in [4.69, 9.17) is 4.74 Å². The van der Waals surface area contributed by atoms with E-state index in [9.17, 15) is 18.4 Å². The van der Waals surface area contributed by atoms with E-state index in [0.717, 1.165) is 19.0 Å². The number of hydrogen-bond donors (Lipinski definition) is 1. The summed E-state index contributed by atoms with van der Waals surface area (Å²) in [7, 11) is 1.33. The standard InChI is InChI=1S/C20H20F2N4O3/c1-29-20(28)14-3-2-6-23-18(14)26-9-11-4-5-12(10-26)16(11)25-19(27)17-15(22)7-13(21)8-24-17/h2-3,6-8,11-12,16H,4-5,9-10H2,1H3,(H,25,27)/t11-,12+,16?. The number of methoxy groups -OCH3 is 1. The molecule has 9 heteroatoms. The summed E-state index contributed by atoms with van der Waals surface area (Å²) in [5.41, 5.74) is -0.0135. The molecule has 3 heterocycles. The van der Waals surface area contributed by atoms with Gasteiger partial charge in [-0.1, -0.05) is 0 Å². The van der Waals surface area contributed by atoms with Gasteiger partial charge in [-0.2, -0.15) is 0 Å². The van der Waals surface area contributed by atoms with E-state index in [0.29, 0.717) is 30.5 Å². The van der Waals surface area contributed by atoms with Crippen molar-refractivity contribution < 1.29 is 23.1 Å². The number of carbonyl (C=O) groups is 2. The number of aromatic nitrogens is 2. The first-order valence-electron chi connectivity index (χ1n) is 9.38. The first kappa shape index (κ1) is 19.2. The van der Waals surface area contributed by atoms with Gasteiger partial charge in [-0.25, -0.2) is 23.5 Å². The van der Waals surface area contributed by atoms with Gasteiger partial charge in [0.25, 0.3) is 5.91 Å². The largest absolute Gasteiger partial charge is 0.465 e. The summed E-state index contributed by atoms with van der Waals surface area (Å²) < 4.78 is 31.8. The highest BCUT2D eigenvalue weighted by Crippen LogP contribution is 2.39. The zero-order valence-corrected chi connectivity index (χ0v) is 15.8. The van der Waals surface area contributed by atoms with E-state index in [-0.39, 0.29) is 17.9 Å². The summed E-state index contributed by atoms with van der Waals surface area (Å²) in [6.45, 7) is 1.20. The van der Waals surface area contributed by atoms with Crippen molar-refractivity contribution in [2.75, 3.05) is 25.1 Å². The minimum absolute atomic E-state index is 0.119. The van der Waals surface area contributed by atoms with Crippen molar-refractivity contribution in [1.82, 2.24) is 15.3 Å². The molecule has 1 saturated heterocycles. The van der Waals surface area contributed by atoms with Gasteiger partial charge in [-0.05, 0) is 36.8 Å². The number of halogens is 2. The predicted molar refractivity (Wildman–Crippen MR) is 99.4 cm³/mol. The number of ether oxygens (including phenoxy) is 1. The normalized spacial score (nSPS) is 23.0. The fourth-order valence-electron chi connectivity index (χ4n) is 4.35. The molecule has 7 nitrogen and oxygen atoms in total. The molecule has 2 fully saturated rings. The van der Waals surface area contributed by atoms with Crippen LogP contribution in [0.25, 0.3) is 0 Å². The fraction of sp³-hybridized carbons (Fsp3) is 0.400. The van der Waals surface area contributed by atoms with Crippen molar-refractivity contribution >= 4 is 17.7 Å². The van der Waals surface area contributed by atoms with Crippen LogP contribution in [0.5, 0.6) is 0 Å². The molecule has 0 aromatic carbocycles. The van der Waals surface area contributed by atoms with Gasteiger partial charge in [0.05, 0.1) is 13.3 Å². The lowest BCUT2D eigenvalue weighted by Gasteiger charge is -2.39. The van der Waals surface area contributed by atoms with Gasteiger partial charge in [0.2, 0.25) is 0 Å². The van der Waals surface area contributed by atoms with E-state index in [2.05, 4.69) is 15.3 Å². The van der Waals surface area contributed by atoms with E-state index < -0.39 is 29.2 Å². The first-order chi connectivity index (χ1) is 14.0. The molecule has 2 aromatic heterocycles. The Balaban J connectivity index is 1.50. The fourth-order valence-corrected chi connectivity index (χ4v) is 4.35. The third kappa shape index (κ3) is 3.64. The number of hydrogen-bond acceptors (Lipinski definition) is 6. The molecule has 0 spiro atoms. The highest BCUT2D eigenvalue weighted by atomic mass is 19.1. The molecular weight excluding hydrogens is 382 g/mol. The molecule has 1 aliphatic carbocycles. The molecule has 2 bridgehead atoms. The molecular formula is C20H20F2N4O3. The summed E-state index contributed by atoms with van der Waals surface area (Å²) in [5.74, 6) is -2.11. The zero-order chi connectivity index (χ0) is 20.5. The molecule has 1 unspecified atom stereocenters. The molecule has 1 aliphatic heterocycles. The molecule has 1 saturated carbocycles. The molecule has 152 valence electrons. The molecule has 1 amide bonds. The second-order valence-corrected chi connectivity index (χ2v) is 7.35. The monoisotopic (exact) mass is 402 g/mol. The third-order valence-electron chi connectivity index (χ3n) is 5.65. The number of rotatable bonds is 4. The highest BCUT2D eigenvalue weighted by molar-refractivity contribution is 5.95. The quantitative estimate of drug-likeness (QED) is 0.790. The lowest BCUT2D eigenvalue weighted by molar-refractivity contribution is 0.0600. The van der Waals surface area contributed by atoms with Gasteiger partial charge in [-0.15, -0.1) is 0 Å². The van der Waals surface area contributed by atoms with Gasteiger partial charge in [0.15, 0.2) is 11.5 Å². The number of nitrogens with zero attached hydrogens (tertiary/aromatic N) is 3. The molecule has 0 radical (unpaired) electrons. The van der Waals surface area contributed by atoms with Crippen LogP contribution < -0.4 is 10.2 Å². The number of esters is 1. The van der Waals surface area contributed by atoms with E-state index in [1.165, 1.54) is 7.11 Å². The van der Waals surface area contributed by atoms with Gasteiger partial charge in [0.1, 0.15) is 17.2 Å². The Morgan fingerprint density at radius 2 is 1.93 bits per heavy atom. The Hall–Kier alpha value is -3.10. The Morgan fingerprint density at radius 1 is 1.21 bits per heavy atom. The molecule has 29 heavy (non-hydrogen) atoms. The summed E-state index contributed by atoms with van der Waals surface area (Å²) >= 11 is 0. The van der Waals surface area contributed by atoms with Crippen LogP contribution in [0.3, 0.4) is 0 Å². The van der Waals surface area contributed by atoms with Crippen LogP contribution in [0.2, 0.25) is 0 Å². The lowest BCUT2D eigenvalue weighted by Crippen LogP contribution is -2.53. The van der Waals surface area contributed by atoms with Crippen molar-refractivity contribution in [2.45, 2.75) is 18.9 Å². The second-order valence-electron chi connectivity index (χ2n) is 7.35. The van der Waals surface area contributed by atoms with Crippen LogP contribution in [-0.2, 0) is 4.74 Å². The highest BCUT2D eigenvalue weighted by Gasteiger charge is 2.44. The third-order valence-corrected chi connectivity index (χ3v) is 5.65. The Morgan fingerprint density at radius 3 is 2.59 bits per heavy atom. The first-order valence-corrected chi connectivity index (χ1v) is 9.38. The van der Waals surface area contributed by atoms with Crippen LogP contribution in [0.4, 0.5) is 14.6 Å². The van der Waals surface area contributed by atoms with Crippen LogP contribution in [0.1, 0.15) is 33.7 Å². The summed E-state index contributed by atoms with van der Waals surface area (Å²) in [5, 5.41) is 2.88. The summed E-state index contributed by atoms with van der Waals surface area (Å²) in [6, 6.07) is 3.86. The number of piperidine rings is 1. The van der Waals surface area contributed by atoms with Crippen molar-refractivity contribution in [3.63, 3.8) is 0 Å². The number of pyridine rings is 2. The topological polar surface area (TPSA) is 84.4 Å². The lowest BCUT2D eigenvalue weighted by atomic mass is 9.91. The number of fused-ring (bicyclic) bond motifs is 2. The Kier molecular flexibility index (Phi) is 5.12. The molecule has 2 aliphatic rings. The zero-order valence-electron chi connectivity index (χ0n) is 15.8. The number of nitrogens with one attached hydrogen (secondary N) is 1. The van der Waals surface area contributed by atoms with Crippen molar-refractivity contribution in [3.05, 3.63) is 53.5 Å². The predicted octanol–water partition coefficient (Wildman–Crippen LogP) is 2.19. The smallest absolute Gasteiger partial charge is 0.341 e. The average molecular weight is 402 g/mol. The van der Waals surface area contributed by atoms with Gasteiger partial charge in [0, 0.05) is 31.4 Å². The van der Waals surface area contributed by atoms with E-state index in [1.54, 1.807) is 18.3 Å². The Bertz CT molecular complexity index is 941. The summed E-state index contributed by atoms with van der Waals surface area (Å²) in [6.07, 6.45) is 4.24. The van der Waals surface area contributed by atoms with Crippen LogP contribution in [-0.4, -0.2) is 48.1 Å². The summed E-state index contributed by atoms with van der Waals surface area (Å²) in [4.78, 5) is 34.5. The van der Waals surface area contributed by atoms with Crippen LogP contribution >= 0.6 is 0 Å². The molecule has 2 aromatic rings. The maximum Gasteiger partial charge on any atom is 0.341 e. The van der Waals surface area contributed by atoms with Crippen LogP contribution in [0.15, 0.2) is 30.6 Å². The second kappa shape index (κ2) is 7.73. The molecule has 1 N–H and O–H groups in total. The SMILES string of the molecule is COC(=O)c1cccnc1N1C[C@H]2CC[C@@H](C1)C2NC(=O)c1ncc(F)cc1F. The minimum Gasteiger partial charge on any atom is -0.465 e. The van der Waals surface area contributed by atoms with Gasteiger partial charge < -0.3 is 15.0 Å². The van der Waals surface area contributed by atoms with Crippen molar-refractivity contribution in [3.8, 4) is 0 Å². The molecule has 3 atom stereocenters. The Labute approximate surface area is 166 Å². The number of carbonyl (C=O) groups excluding carboxylic acids is 2. The van der Waals surface area contributed by atoms with Gasteiger partial charge >= 0.3 is 5.97 Å². The van der Waals surface area contributed by atoms with E-state index in [1.807, 2.05) is 4.90 Å². The number of anilines is 1. The molecule has 4 rings (SSSR count). The van der Waals surface area contributed by atoms with Crippen molar-refractivity contribution in [1.29, 1.82) is 0 Å². The average Bonchev–Trinajstić information content (AvgIpc) is 2.94. The van der Waals surface area contributed by atoms with Gasteiger partial charge in [-0.3, -0.25) is 4.79 Å². The maximum atomic E-state index is 13.9. The van der Waals surface area contributed by atoms with Crippen LogP contribution in [0, 0.1) is 23.5 Å². The maximum absolute atomic E-state index is 13.9. The minimum atomic E-state index is -0.983. The number of amides is 1. The van der Waals surface area contributed by atoms with E-state index >= 15 is 0 Å².